The molecule has 3 aromatic rings. The van der Waals surface area contributed by atoms with Crippen molar-refractivity contribution in [2.75, 3.05) is 19.0 Å². The predicted molar refractivity (Wildman–Crippen MR) is 120 cm³/mol. The van der Waals surface area contributed by atoms with Gasteiger partial charge >= 0.3 is 0 Å². The normalized spacial score (nSPS) is 17.1. The Morgan fingerprint density at radius 1 is 1.12 bits per heavy atom. The molecule has 1 aromatic heterocycles. The van der Waals surface area contributed by atoms with Crippen LogP contribution in [0.5, 0.6) is 5.75 Å². The first-order chi connectivity index (χ1) is 15.4. The van der Waals surface area contributed by atoms with Gasteiger partial charge in [-0.05, 0) is 68.3 Å². The van der Waals surface area contributed by atoms with Gasteiger partial charge in [0.05, 0.1) is 12.0 Å². The van der Waals surface area contributed by atoms with Crippen LogP contribution >= 0.6 is 0 Å². The highest BCUT2D eigenvalue weighted by Crippen LogP contribution is 2.26. The summed E-state index contributed by atoms with van der Waals surface area (Å²) in [7, 11) is -1.97. The van der Waals surface area contributed by atoms with Gasteiger partial charge in [0.15, 0.2) is 11.5 Å². The molecule has 0 aliphatic carbocycles. The summed E-state index contributed by atoms with van der Waals surface area (Å²) >= 11 is 0. The average molecular weight is 456 g/mol. The first-order valence-electron chi connectivity index (χ1n) is 10.4. The van der Waals surface area contributed by atoms with Crippen molar-refractivity contribution in [1.29, 1.82) is 0 Å². The lowest BCUT2D eigenvalue weighted by Gasteiger charge is -2.32. The zero-order valence-corrected chi connectivity index (χ0v) is 18.8. The molecule has 1 fully saturated rings. The number of methoxy groups -OCH3 is 1. The molecule has 1 N–H and O–H groups in total. The quantitative estimate of drug-likeness (QED) is 0.599. The number of sulfonamides is 1. The Kier molecular flexibility index (Phi) is 6.29. The van der Waals surface area contributed by atoms with Crippen molar-refractivity contribution in [3.8, 4) is 17.1 Å². The van der Waals surface area contributed by atoms with Crippen molar-refractivity contribution in [3.05, 3.63) is 60.3 Å². The molecule has 1 saturated heterocycles. The number of piperidine rings is 1. The summed E-state index contributed by atoms with van der Waals surface area (Å²) in [5.41, 5.74) is 1.35. The van der Waals surface area contributed by atoms with E-state index in [1.54, 1.807) is 41.7 Å². The molecule has 2 heterocycles. The summed E-state index contributed by atoms with van der Waals surface area (Å²) in [6, 6.07) is 14.9. The number of ether oxygens (including phenoxy) is 1. The summed E-state index contributed by atoms with van der Waals surface area (Å²) in [6.07, 6.45) is 2.78. The van der Waals surface area contributed by atoms with Crippen molar-refractivity contribution in [2.45, 2.75) is 37.1 Å². The molecular weight excluding hydrogens is 430 g/mol. The summed E-state index contributed by atoms with van der Waals surface area (Å²) in [5, 5.41) is 6.56. The first kappa shape index (κ1) is 22.0. The van der Waals surface area contributed by atoms with Crippen molar-refractivity contribution in [2.24, 2.45) is 0 Å². The molecule has 0 radical (unpaired) electrons. The van der Waals surface area contributed by atoms with E-state index in [2.05, 4.69) is 10.5 Å². The molecule has 0 saturated carbocycles. The Morgan fingerprint density at radius 2 is 1.84 bits per heavy atom. The molecule has 1 aliphatic heterocycles. The molecule has 0 bridgehead atoms. The standard InChI is InChI=1S/C23H25N3O5S/c1-16-5-3-4-14-26(16)32(28,29)20-12-8-18(9-13-20)24-23(27)21-15-22(31-25-21)17-6-10-19(30-2)11-7-17/h6-13,15-16H,3-5,14H2,1-2H3,(H,24,27)/t16-/m1/s1. The monoisotopic (exact) mass is 455 g/mol. The number of carbonyl (C=O) groups excluding carboxylic acids is 1. The highest BCUT2D eigenvalue weighted by atomic mass is 32.2. The average Bonchev–Trinajstić information content (AvgIpc) is 3.30. The Labute approximate surface area is 187 Å². The fourth-order valence-electron chi connectivity index (χ4n) is 3.74. The fourth-order valence-corrected chi connectivity index (χ4v) is 5.44. The van der Waals surface area contributed by atoms with E-state index in [1.807, 2.05) is 19.1 Å². The van der Waals surface area contributed by atoms with Crippen LogP contribution in [0.15, 0.2) is 64.0 Å². The third-order valence-electron chi connectivity index (χ3n) is 5.58. The van der Waals surface area contributed by atoms with Gasteiger partial charge < -0.3 is 14.6 Å². The van der Waals surface area contributed by atoms with Crippen molar-refractivity contribution in [1.82, 2.24) is 9.46 Å². The van der Waals surface area contributed by atoms with Crippen molar-refractivity contribution >= 4 is 21.6 Å². The number of aromatic nitrogens is 1. The lowest BCUT2D eigenvalue weighted by Crippen LogP contribution is -2.41. The zero-order chi connectivity index (χ0) is 22.7. The fraction of sp³-hybridized carbons (Fsp3) is 0.304. The van der Waals surface area contributed by atoms with Gasteiger partial charge in [0.1, 0.15) is 5.75 Å². The minimum atomic E-state index is -3.56. The SMILES string of the molecule is COc1ccc(-c2cc(C(=O)Nc3ccc(S(=O)(=O)N4CCCC[C@H]4C)cc3)no2)cc1. The van der Waals surface area contributed by atoms with E-state index < -0.39 is 15.9 Å². The second-order valence-electron chi connectivity index (χ2n) is 7.74. The Bertz CT molecular complexity index is 1190. The lowest BCUT2D eigenvalue weighted by molar-refractivity contribution is 0.101. The van der Waals surface area contributed by atoms with Gasteiger partial charge in [-0.15, -0.1) is 0 Å². The third kappa shape index (κ3) is 4.53. The number of nitrogens with zero attached hydrogens (tertiary/aromatic N) is 2. The third-order valence-corrected chi connectivity index (χ3v) is 7.61. The van der Waals surface area contributed by atoms with Gasteiger partial charge in [0.2, 0.25) is 10.0 Å². The van der Waals surface area contributed by atoms with Crippen LogP contribution < -0.4 is 10.1 Å². The van der Waals surface area contributed by atoms with Crippen LogP contribution in [-0.2, 0) is 10.0 Å². The van der Waals surface area contributed by atoms with Gasteiger partial charge in [0, 0.05) is 29.9 Å². The van der Waals surface area contributed by atoms with E-state index in [1.165, 1.54) is 12.1 Å². The van der Waals surface area contributed by atoms with Crippen LogP contribution in [0.4, 0.5) is 5.69 Å². The maximum atomic E-state index is 12.9. The van der Waals surface area contributed by atoms with Crippen LogP contribution in [0.3, 0.4) is 0 Å². The molecule has 4 rings (SSSR count). The zero-order valence-electron chi connectivity index (χ0n) is 17.9. The summed E-state index contributed by atoms with van der Waals surface area (Å²) in [5.74, 6) is 0.718. The molecule has 0 spiro atoms. The number of hydrogen-bond acceptors (Lipinski definition) is 6. The second kappa shape index (κ2) is 9.13. The number of anilines is 1. The van der Waals surface area contributed by atoms with Gasteiger partial charge in [-0.3, -0.25) is 4.79 Å². The highest BCUT2D eigenvalue weighted by Gasteiger charge is 2.30. The smallest absolute Gasteiger partial charge is 0.277 e. The minimum absolute atomic E-state index is 0.0137. The van der Waals surface area contributed by atoms with E-state index in [0.717, 1.165) is 24.8 Å². The number of hydrogen-bond donors (Lipinski definition) is 1. The number of rotatable bonds is 6. The molecule has 1 amide bonds. The van der Waals surface area contributed by atoms with E-state index in [0.29, 0.717) is 23.7 Å². The molecule has 2 aromatic carbocycles. The molecule has 168 valence electrons. The number of benzene rings is 2. The van der Waals surface area contributed by atoms with E-state index >= 15 is 0 Å². The Balaban J connectivity index is 1.44. The predicted octanol–water partition coefficient (Wildman–Crippen LogP) is 4.17. The maximum Gasteiger partial charge on any atom is 0.277 e. The van der Waals surface area contributed by atoms with Gasteiger partial charge in [-0.25, -0.2) is 8.42 Å². The van der Waals surface area contributed by atoms with Gasteiger partial charge in [-0.2, -0.15) is 4.31 Å². The van der Waals surface area contributed by atoms with Crippen LogP contribution in [0, 0.1) is 0 Å². The van der Waals surface area contributed by atoms with Crippen LogP contribution in [0.2, 0.25) is 0 Å². The molecular formula is C23H25N3O5S. The Hall–Kier alpha value is -3.17. The second-order valence-corrected chi connectivity index (χ2v) is 9.63. The minimum Gasteiger partial charge on any atom is -0.497 e. The molecule has 32 heavy (non-hydrogen) atoms. The van der Waals surface area contributed by atoms with Crippen molar-refractivity contribution in [3.63, 3.8) is 0 Å². The number of amides is 1. The van der Waals surface area contributed by atoms with Crippen LogP contribution in [-0.4, -0.2) is 43.5 Å². The topological polar surface area (TPSA) is 102 Å². The molecule has 8 nitrogen and oxygen atoms in total. The van der Waals surface area contributed by atoms with E-state index in [4.69, 9.17) is 9.26 Å². The Morgan fingerprint density at radius 3 is 2.50 bits per heavy atom. The summed E-state index contributed by atoms with van der Waals surface area (Å²) in [6.45, 7) is 2.47. The molecule has 9 heteroatoms. The molecule has 1 atom stereocenters. The summed E-state index contributed by atoms with van der Waals surface area (Å²) in [4.78, 5) is 12.8. The van der Waals surface area contributed by atoms with Crippen molar-refractivity contribution < 1.29 is 22.5 Å². The van der Waals surface area contributed by atoms with Gasteiger partial charge in [0.25, 0.3) is 5.91 Å². The summed E-state index contributed by atoms with van der Waals surface area (Å²) < 4.78 is 37.9. The largest absolute Gasteiger partial charge is 0.497 e. The van der Waals surface area contributed by atoms with Gasteiger partial charge in [-0.1, -0.05) is 11.6 Å². The van der Waals surface area contributed by atoms with Crippen LogP contribution in [0.25, 0.3) is 11.3 Å². The first-order valence-corrected chi connectivity index (χ1v) is 11.9. The molecule has 0 unspecified atom stereocenters. The lowest BCUT2D eigenvalue weighted by atomic mass is 10.1. The maximum absolute atomic E-state index is 12.9. The van der Waals surface area contributed by atoms with E-state index in [9.17, 15) is 13.2 Å². The molecule has 1 aliphatic rings. The number of carbonyl (C=O) groups is 1. The number of nitrogens with one attached hydrogen (secondary N) is 1. The highest BCUT2D eigenvalue weighted by molar-refractivity contribution is 7.89. The van der Waals surface area contributed by atoms with E-state index in [-0.39, 0.29) is 16.6 Å². The van der Waals surface area contributed by atoms with Crippen LogP contribution in [0.1, 0.15) is 36.7 Å².